The van der Waals surface area contributed by atoms with Crippen molar-refractivity contribution >= 4 is 5.78 Å². The number of hydrogen-bond donors (Lipinski definition) is 1. The largest absolute Gasteiger partial charge is 0.496 e. The molecule has 1 unspecified atom stereocenters. The summed E-state index contributed by atoms with van der Waals surface area (Å²) in [7, 11) is 1.60. The first-order valence-electron chi connectivity index (χ1n) is 6.42. The van der Waals surface area contributed by atoms with E-state index < -0.39 is 0 Å². The first-order valence-corrected chi connectivity index (χ1v) is 6.42. The Morgan fingerprint density at radius 2 is 2.00 bits per heavy atom. The molecule has 0 aliphatic heterocycles. The van der Waals surface area contributed by atoms with Gasteiger partial charge in [-0.15, -0.1) is 0 Å². The summed E-state index contributed by atoms with van der Waals surface area (Å²) < 4.78 is 5.31. The second-order valence-corrected chi connectivity index (χ2v) is 5.05. The van der Waals surface area contributed by atoms with E-state index in [9.17, 15) is 4.79 Å². The Balaban J connectivity index is 2.91. The lowest BCUT2D eigenvalue weighted by Crippen LogP contribution is -2.16. The normalized spacial score (nSPS) is 12.6. The minimum absolute atomic E-state index is 0.0508. The van der Waals surface area contributed by atoms with Crippen molar-refractivity contribution in [1.29, 1.82) is 0 Å². The fourth-order valence-corrected chi connectivity index (χ4v) is 1.79. The van der Waals surface area contributed by atoms with Crippen molar-refractivity contribution in [1.82, 2.24) is 0 Å². The van der Waals surface area contributed by atoms with E-state index in [0.717, 1.165) is 0 Å². The topological polar surface area (TPSA) is 52.3 Å². The average molecular weight is 249 g/mol. The number of hydrogen-bond acceptors (Lipinski definition) is 3. The van der Waals surface area contributed by atoms with Gasteiger partial charge in [-0.2, -0.15) is 0 Å². The first kappa shape index (κ1) is 14.7. The zero-order valence-corrected chi connectivity index (χ0v) is 11.7. The van der Waals surface area contributed by atoms with Crippen LogP contribution in [0.1, 0.15) is 55.5 Å². The highest BCUT2D eigenvalue weighted by Crippen LogP contribution is 2.26. The van der Waals surface area contributed by atoms with Crippen LogP contribution in [0.5, 0.6) is 5.75 Å². The van der Waals surface area contributed by atoms with Gasteiger partial charge in [-0.3, -0.25) is 4.79 Å². The SMILES string of the molecule is COc1cc(C(C)C)ccc1C(=O)CCC(C)N. The predicted octanol–water partition coefficient (Wildman–Crippen LogP) is 3.13. The summed E-state index contributed by atoms with van der Waals surface area (Å²) in [4.78, 5) is 12.1. The molecule has 0 aromatic heterocycles. The van der Waals surface area contributed by atoms with Crippen molar-refractivity contribution < 1.29 is 9.53 Å². The summed E-state index contributed by atoms with van der Waals surface area (Å²) in [6.45, 7) is 6.14. The van der Waals surface area contributed by atoms with E-state index in [1.807, 2.05) is 25.1 Å². The molecule has 0 fully saturated rings. The summed E-state index contributed by atoms with van der Waals surface area (Å²) in [5, 5.41) is 0. The molecule has 0 aliphatic rings. The van der Waals surface area contributed by atoms with Crippen LogP contribution < -0.4 is 10.5 Å². The van der Waals surface area contributed by atoms with Crippen molar-refractivity contribution in [2.45, 2.75) is 45.6 Å². The third-order valence-corrected chi connectivity index (χ3v) is 3.02. The average Bonchev–Trinajstić information content (AvgIpc) is 2.34. The number of ether oxygens (including phenoxy) is 1. The van der Waals surface area contributed by atoms with E-state index in [1.165, 1.54) is 5.56 Å². The van der Waals surface area contributed by atoms with Crippen LogP contribution in [0.15, 0.2) is 18.2 Å². The third kappa shape index (κ3) is 3.84. The number of carbonyl (C=O) groups excluding carboxylic acids is 1. The van der Waals surface area contributed by atoms with Crippen molar-refractivity contribution in [3.63, 3.8) is 0 Å². The van der Waals surface area contributed by atoms with E-state index in [0.29, 0.717) is 30.1 Å². The second-order valence-electron chi connectivity index (χ2n) is 5.05. The smallest absolute Gasteiger partial charge is 0.166 e. The molecule has 3 heteroatoms. The van der Waals surface area contributed by atoms with Gasteiger partial charge in [0.25, 0.3) is 0 Å². The van der Waals surface area contributed by atoms with Gasteiger partial charge in [-0.05, 0) is 37.0 Å². The molecular weight excluding hydrogens is 226 g/mol. The number of carbonyl (C=O) groups is 1. The molecule has 0 amide bonds. The number of nitrogens with two attached hydrogens (primary N) is 1. The van der Waals surface area contributed by atoms with Gasteiger partial charge >= 0.3 is 0 Å². The lowest BCUT2D eigenvalue weighted by Gasteiger charge is -2.12. The summed E-state index contributed by atoms with van der Waals surface area (Å²) in [6.07, 6.45) is 1.17. The lowest BCUT2D eigenvalue weighted by atomic mass is 9.97. The maximum absolute atomic E-state index is 12.1. The molecule has 0 spiro atoms. The van der Waals surface area contributed by atoms with Gasteiger partial charge in [0.15, 0.2) is 5.78 Å². The number of methoxy groups -OCH3 is 1. The maximum atomic E-state index is 12.1. The number of ketones is 1. The Kier molecular flexibility index (Phi) is 5.35. The van der Waals surface area contributed by atoms with Crippen LogP contribution >= 0.6 is 0 Å². The molecule has 1 atom stereocenters. The minimum Gasteiger partial charge on any atom is -0.496 e. The Morgan fingerprint density at radius 1 is 1.33 bits per heavy atom. The molecular formula is C15H23NO2. The van der Waals surface area contributed by atoms with Crippen LogP contribution in [0.3, 0.4) is 0 Å². The van der Waals surface area contributed by atoms with Crippen molar-refractivity contribution in [2.24, 2.45) is 5.73 Å². The van der Waals surface area contributed by atoms with Crippen molar-refractivity contribution in [3.8, 4) is 5.75 Å². The second kappa shape index (κ2) is 6.55. The zero-order chi connectivity index (χ0) is 13.7. The standard InChI is InChI=1S/C15H23NO2/c1-10(2)12-6-7-13(15(9-12)18-4)14(17)8-5-11(3)16/h6-7,9-11H,5,8,16H2,1-4H3. The fraction of sp³-hybridized carbons (Fsp3) is 0.533. The predicted molar refractivity (Wildman–Crippen MR) is 74.3 cm³/mol. The number of benzene rings is 1. The lowest BCUT2D eigenvalue weighted by molar-refractivity contribution is 0.0975. The molecule has 2 N–H and O–H groups in total. The zero-order valence-electron chi connectivity index (χ0n) is 11.7. The third-order valence-electron chi connectivity index (χ3n) is 3.02. The molecule has 0 bridgehead atoms. The molecule has 0 radical (unpaired) electrons. The van der Waals surface area contributed by atoms with Crippen molar-refractivity contribution in [2.75, 3.05) is 7.11 Å². The Hall–Kier alpha value is -1.35. The van der Waals surface area contributed by atoms with E-state index in [4.69, 9.17) is 10.5 Å². The van der Waals surface area contributed by atoms with E-state index >= 15 is 0 Å². The van der Waals surface area contributed by atoms with Gasteiger partial charge in [0.05, 0.1) is 12.7 Å². The molecule has 0 aliphatic carbocycles. The van der Waals surface area contributed by atoms with Gasteiger partial charge in [0.1, 0.15) is 5.75 Å². The summed E-state index contributed by atoms with van der Waals surface area (Å²) >= 11 is 0. The highest BCUT2D eigenvalue weighted by molar-refractivity contribution is 5.98. The van der Waals surface area contributed by atoms with Gasteiger partial charge < -0.3 is 10.5 Å². The molecule has 0 heterocycles. The van der Waals surface area contributed by atoms with Gasteiger partial charge in [0.2, 0.25) is 0 Å². The highest BCUT2D eigenvalue weighted by atomic mass is 16.5. The fourth-order valence-electron chi connectivity index (χ4n) is 1.79. The molecule has 0 saturated carbocycles. The highest BCUT2D eigenvalue weighted by Gasteiger charge is 2.14. The summed E-state index contributed by atoms with van der Waals surface area (Å²) in [6, 6.07) is 5.85. The maximum Gasteiger partial charge on any atom is 0.166 e. The van der Waals surface area contributed by atoms with Gasteiger partial charge in [0, 0.05) is 12.5 Å². The van der Waals surface area contributed by atoms with Crippen LogP contribution in [0.4, 0.5) is 0 Å². The Labute approximate surface area is 109 Å². The quantitative estimate of drug-likeness (QED) is 0.788. The molecule has 18 heavy (non-hydrogen) atoms. The van der Waals surface area contributed by atoms with E-state index in [2.05, 4.69) is 13.8 Å². The Morgan fingerprint density at radius 3 is 2.50 bits per heavy atom. The first-order chi connectivity index (χ1) is 8.45. The van der Waals surface area contributed by atoms with Crippen LogP contribution in [0.25, 0.3) is 0 Å². The summed E-state index contributed by atoms with van der Waals surface area (Å²) in [5.41, 5.74) is 7.50. The van der Waals surface area contributed by atoms with Crippen LogP contribution in [-0.4, -0.2) is 18.9 Å². The minimum atomic E-state index is 0.0508. The van der Waals surface area contributed by atoms with E-state index in [-0.39, 0.29) is 11.8 Å². The Bertz CT molecular complexity index is 411. The molecule has 1 rings (SSSR count). The summed E-state index contributed by atoms with van der Waals surface area (Å²) in [5.74, 6) is 1.18. The molecule has 1 aromatic carbocycles. The van der Waals surface area contributed by atoms with Gasteiger partial charge in [-0.25, -0.2) is 0 Å². The van der Waals surface area contributed by atoms with E-state index in [1.54, 1.807) is 7.11 Å². The molecule has 0 saturated heterocycles. The molecule has 100 valence electrons. The number of Topliss-reactive ketones (excluding diaryl/α,β-unsaturated/α-hetero) is 1. The molecule has 3 nitrogen and oxygen atoms in total. The molecule has 1 aromatic rings. The van der Waals surface area contributed by atoms with Crippen LogP contribution in [-0.2, 0) is 0 Å². The van der Waals surface area contributed by atoms with Gasteiger partial charge in [-0.1, -0.05) is 19.9 Å². The van der Waals surface area contributed by atoms with Crippen LogP contribution in [0.2, 0.25) is 0 Å². The monoisotopic (exact) mass is 249 g/mol. The van der Waals surface area contributed by atoms with Crippen molar-refractivity contribution in [3.05, 3.63) is 29.3 Å². The number of rotatable bonds is 6. The van der Waals surface area contributed by atoms with Crippen LogP contribution in [0, 0.1) is 0 Å².